The van der Waals surface area contributed by atoms with Crippen molar-refractivity contribution in [3.05, 3.63) is 94.8 Å². The van der Waals surface area contributed by atoms with Gasteiger partial charge in [0, 0.05) is 29.8 Å². The molecule has 1 heterocycles. The second-order valence-electron chi connectivity index (χ2n) is 9.37. The van der Waals surface area contributed by atoms with Crippen LogP contribution in [0.5, 0.6) is 0 Å². The number of urea groups is 1. The Bertz CT molecular complexity index is 1130. The monoisotopic (exact) mass is 461 g/mol. The molecule has 2 aliphatic carbocycles. The quantitative estimate of drug-likeness (QED) is 0.297. The molecule has 3 rings (SSSR count). The van der Waals surface area contributed by atoms with Crippen LogP contribution in [0.2, 0.25) is 0 Å². The summed E-state index contributed by atoms with van der Waals surface area (Å²) in [6.45, 7) is 7.75. The number of nitrogens with one attached hydrogen (secondary N) is 2. The van der Waals surface area contributed by atoms with E-state index in [2.05, 4.69) is 20.6 Å². The summed E-state index contributed by atoms with van der Waals surface area (Å²) in [5.41, 5.74) is 9.13. The molecule has 0 aromatic heterocycles. The number of nitrogens with zero attached hydrogens (tertiary/aromatic N) is 2. The van der Waals surface area contributed by atoms with Crippen molar-refractivity contribution in [2.45, 2.75) is 46.6 Å². The maximum atomic E-state index is 14.6. The molecule has 3 aliphatic rings. The number of rotatable bonds is 3. The first-order chi connectivity index (χ1) is 16.1. The Balaban J connectivity index is 1.89. The van der Waals surface area contributed by atoms with Crippen LogP contribution in [0.1, 0.15) is 40.5 Å². The number of nitrogens with two attached hydrogens (primary N) is 1. The normalized spacial score (nSPS) is 24.7. The molecular weight excluding hydrogens is 429 g/mol. The van der Waals surface area contributed by atoms with E-state index in [1.165, 1.54) is 6.08 Å². The molecule has 1 atom stereocenters. The Labute approximate surface area is 200 Å². The lowest BCUT2D eigenvalue weighted by Gasteiger charge is -2.19. The van der Waals surface area contributed by atoms with Crippen molar-refractivity contribution in [1.82, 2.24) is 10.6 Å². The standard InChI is InChI=1S/C27H32FN5O/c1-18-8-5-6-10-23(22(28)14-18)32-26(34)33-25(17-24(29)27(2,3)4)31-21-12-11-20-15-19(16-21)9-7-13-30-20/h5-7,9,11-17,20H,8,10,29H2,1-4H3,(H2,31,32,33,34)/b6-5?,18-14-,23-22-,24-17-. The van der Waals surface area contributed by atoms with Crippen LogP contribution in [-0.4, -0.2) is 24.1 Å². The number of amidine groups is 1. The maximum absolute atomic E-state index is 14.6. The molecule has 0 aromatic carbocycles. The van der Waals surface area contributed by atoms with Gasteiger partial charge in [-0.3, -0.25) is 10.3 Å². The lowest BCUT2D eigenvalue weighted by Crippen LogP contribution is -2.39. The maximum Gasteiger partial charge on any atom is 0.324 e. The summed E-state index contributed by atoms with van der Waals surface area (Å²) in [4.78, 5) is 21.9. The van der Waals surface area contributed by atoms with Crippen LogP contribution in [0.3, 0.4) is 0 Å². The first kappa shape index (κ1) is 24.9. The van der Waals surface area contributed by atoms with Gasteiger partial charge in [-0.05, 0) is 49.3 Å². The molecule has 0 fully saturated rings. The van der Waals surface area contributed by atoms with E-state index in [0.29, 0.717) is 17.8 Å². The third-order valence-corrected chi connectivity index (χ3v) is 5.28. The van der Waals surface area contributed by atoms with Crippen molar-refractivity contribution in [2.24, 2.45) is 21.1 Å². The van der Waals surface area contributed by atoms with E-state index in [1.54, 1.807) is 12.3 Å². The van der Waals surface area contributed by atoms with Gasteiger partial charge in [0.25, 0.3) is 0 Å². The first-order valence-electron chi connectivity index (χ1n) is 11.3. The minimum Gasteiger partial charge on any atom is -0.401 e. The van der Waals surface area contributed by atoms with Gasteiger partial charge in [-0.15, -0.1) is 0 Å². The van der Waals surface area contributed by atoms with Crippen molar-refractivity contribution < 1.29 is 9.18 Å². The predicted octanol–water partition coefficient (Wildman–Crippen LogP) is 5.44. The molecule has 1 aliphatic heterocycles. The number of hydrogen-bond donors (Lipinski definition) is 3. The Kier molecular flexibility index (Phi) is 7.99. The molecule has 2 amide bonds. The van der Waals surface area contributed by atoms with Gasteiger partial charge in [0.2, 0.25) is 0 Å². The van der Waals surface area contributed by atoms with Gasteiger partial charge < -0.3 is 11.1 Å². The van der Waals surface area contributed by atoms with Gasteiger partial charge in [0.15, 0.2) is 0 Å². The van der Waals surface area contributed by atoms with E-state index in [-0.39, 0.29) is 29.4 Å². The first-order valence-corrected chi connectivity index (χ1v) is 11.3. The second kappa shape index (κ2) is 10.9. The highest BCUT2D eigenvalue weighted by Crippen LogP contribution is 2.22. The second-order valence-corrected chi connectivity index (χ2v) is 9.37. The lowest BCUT2D eigenvalue weighted by atomic mass is 9.92. The fourth-order valence-corrected chi connectivity index (χ4v) is 3.21. The summed E-state index contributed by atoms with van der Waals surface area (Å²) >= 11 is 0. The van der Waals surface area contributed by atoms with Crippen LogP contribution in [0.25, 0.3) is 0 Å². The number of aliphatic imine (C=N–C) groups is 2. The molecule has 0 saturated heterocycles. The van der Waals surface area contributed by atoms with E-state index >= 15 is 0 Å². The minimum absolute atomic E-state index is 0.0809. The zero-order chi connectivity index (χ0) is 24.7. The third kappa shape index (κ3) is 7.40. The van der Waals surface area contributed by atoms with Crippen molar-refractivity contribution in [3.63, 3.8) is 0 Å². The summed E-state index contributed by atoms with van der Waals surface area (Å²) in [5.74, 6) is -0.213. The van der Waals surface area contributed by atoms with E-state index in [9.17, 15) is 9.18 Å². The smallest absolute Gasteiger partial charge is 0.324 e. The fraction of sp³-hybridized carbons (Fsp3) is 0.296. The Hall–Kier alpha value is -3.74. The molecule has 2 bridgehead atoms. The van der Waals surface area contributed by atoms with Crippen molar-refractivity contribution >= 4 is 18.1 Å². The molecule has 0 spiro atoms. The van der Waals surface area contributed by atoms with Crippen LogP contribution < -0.4 is 16.4 Å². The fourth-order valence-electron chi connectivity index (χ4n) is 3.21. The molecule has 6 nitrogen and oxygen atoms in total. The summed E-state index contributed by atoms with van der Waals surface area (Å²) in [6.07, 6.45) is 21.1. The summed E-state index contributed by atoms with van der Waals surface area (Å²) < 4.78 is 14.6. The molecule has 178 valence electrons. The van der Waals surface area contributed by atoms with Gasteiger partial charge in [0.05, 0.1) is 17.4 Å². The summed E-state index contributed by atoms with van der Waals surface area (Å²) in [7, 11) is 0. The molecule has 0 radical (unpaired) electrons. The van der Waals surface area contributed by atoms with Gasteiger partial charge in [-0.25, -0.2) is 14.2 Å². The SMILES string of the molecule is C/C1=C/C(F)=C(/NC(=O)NC(/C=C(\N)C(C)(C)C)=NC2=CC3=CC(C=C2)N=CC=C3)CC=CC1. The van der Waals surface area contributed by atoms with E-state index in [0.717, 1.165) is 11.1 Å². The number of halogens is 1. The van der Waals surface area contributed by atoms with Crippen LogP contribution in [0.15, 0.2) is 105 Å². The number of allylic oxidation sites excluding steroid dienone is 11. The van der Waals surface area contributed by atoms with Crippen molar-refractivity contribution in [3.8, 4) is 0 Å². The van der Waals surface area contributed by atoms with Crippen LogP contribution in [0.4, 0.5) is 9.18 Å². The predicted molar refractivity (Wildman–Crippen MR) is 138 cm³/mol. The van der Waals surface area contributed by atoms with Gasteiger partial charge in [-0.2, -0.15) is 0 Å². The third-order valence-electron chi connectivity index (χ3n) is 5.28. The molecule has 0 saturated carbocycles. The topological polar surface area (TPSA) is 91.9 Å². The van der Waals surface area contributed by atoms with Gasteiger partial charge in [0.1, 0.15) is 11.7 Å². The molecule has 34 heavy (non-hydrogen) atoms. The van der Waals surface area contributed by atoms with Crippen LogP contribution in [0, 0.1) is 5.41 Å². The van der Waals surface area contributed by atoms with Gasteiger partial charge in [-0.1, -0.05) is 50.6 Å². The number of carbonyl (C=O) groups excluding carboxylic acids is 1. The number of hydrogen-bond acceptors (Lipinski definition) is 4. The molecule has 7 heteroatoms. The highest BCUT2D eigenvalue weighted by Gasteiger charge is 2.17. The average Bonchev–Trinajstić information content (AvgIpc) is 3.08. The zero-order valence-corrected chi connectivity index (χ0v) is 20.1. The molecular formula is C27H32FN5O. The van der Waals surface area contributed by atoms with Crippen LogP contribution >= 0.6 is 0 Å². The van der Waals surface area contributed by atoms with E-state index < -0.39 is 11.9 Å². The minimum atomic E-state index is -0.598. The van der Waals surface area contributed by atoms with Gasteiger partial charge >= 0.3 is 6.03 Å². The molecule has 1 unspecified atom stereocenters. The number of carbonyl (C=O) groups is 1. The lowest BCUT2D eigenvalue weighted by molar-refractivity contribution is 0.247. The largest absolute Gasteiger partial charge is 0.401 e. The Morgan fingerprint density at radius 2 is 2.00 bits per heavy atom. The van der Waals surface area contributed by atoms with Crippen molar-refractivity contribution in [2.75, 3.05) is 0 Å². The van der Waals surface area contributed by atoms with Crippen molar-refractivity contribution in [1.29, 1.82) is 0 Å². The molecule has 0 aromatic rings. The summed E-state index contributed by atoms with van der Waals surface area (Å²) in [6, 6.07) is -0.679. The Morgan fingerprint density at radius 1 is 1.24 bits per heavy atom. The zero-order valence-electron chi connectivity index (χ0n) is 20.1. The van der Waals surface area contributed by atoms with Crippen LogP contribution in [-0.2, 0) is 0 Å². The highest BCUT2D eigenvalue weighted by atomic mass is 19.1. The molecule has 4 N–H and O–H groups in total. The number of fused-ring (bicyclic) bond motifs is 1. The number of amides is 2. The Morgan fingerprint density at radius 3 is 2.76 bits per heavy atom. The van der Waals surface area contributed by atoms with E-state index in [1.807, 2.05) is 76.3 Å². The highest BCUT2D eigenvalue weighted by molar-refractivity contribution is 6.05. The summed E-state index contributed by atoms with van der Waals surface area (Å²) in [5, 5.41) is 5.35. The average molecular weight is 462 g/mol. The van der Waals surface area contributed by atoms with E-state index in [4.69, 9.17) is 5.73 Å².